The van der Waals surface area contributed by atoms with Crippen LogP contribution in [0.1, 0.15) is 61.3 Å². The van der Waals surface area contributed by atoms with E-state index < -0.39 is 28.7 Å². The Morgan fingerprint density at radius 2 is 1.84 bits per heavy atom. The second-order valence-electron chi connectivity index (χ2n) is 11.1. The van der Waals surface area contributed by atoms with Gasteiger partial charge in [-0.3, -0.25) is 24.8 Å². The minimum Gasteiger partial charge on any atom is -0.385 e. The number of hydrogen-bond donors (Lipinski definition) is 2. The Bertz CT molecular complexity index is 1390. The summed E-state index contributed by atoms with van der Waals surface area (Å²) < 4.78 is 38.7. The number of rotatable bonds is 4. The van der Waals surface area contributed by atoms with Gasteiger partial charge in [-0.2, -0.15) is 13.2 Å². The quantitative estimate of drug-likeness (QED) is 0.474. The molecule has 0 aliphatic carbocycles. The molecule has 0 radical (unpaired) electrons. The largest absolute Gasteiger partial charge is 0.416 e. The average molecular weight is 526 g/mol. The Hall–Kier alpha value is -3.30. The standard InChI is InChI=1S/C29H30F3N3O3/c1-27(2)17-35(16-18-3-5-21(6-4-18)29(30,31)32)12-11-28(27,38)22-7-9-24-19(14-22)13-20(15-33-24)23-8-10-25(36)34-26(23)37/h3-7,9,13-15,23,38H,8,10-12,16-17H2,1-2H3,(H,34,36,37)/t23?,28-/m1/s1. The Morgan fingerprint density at radius 1 is 1.11 bits per heavy atom. The molecule has 0 saturated carbocycles. The van der Waals surface area contributed by atoms with Gasteiger partial charge in [0.05, 0.1) is 22.6 Å². The van der Waals surface area contributed by atoms with E-state index in [0.717, 1.165) is 39.7 Å². The lowest BCUT2D eigenvalue weighted by Crippen LogP contribution is -2.55. The molecule has 2 aliphatic rings. The van der Waals surface area contributed by atoms with Crippen molar-refractivity contribution in [1.29, 1.82) is 0 Å². The van der Waals surface area contributed by atoms with Gasteiger partial charge in [-0.25, -0.2) is 0 Å². The molecule has 2 atom stereocenters. The molecule has 2 aliphatic heterocycles. The molecule has 200 valence electrons. The number of imide groups is 1. The van der Waals surface area contributed by atoms with Gasteiger partial charge in [0.1, 0.15) is 0 Å². The molecule has 1 aromatic heterocycles. The van der Waals surface area contributed by atoms with Crippen molar-refractivity contribution < 1.29 is 27.9 Å². The number of nitrogens with zero attached hydrogens (tertiary/aromatic N) is 2. The topological polar surface area (TPSA) is 82.5 Å². The van der Waals surface area contributed by atoms with Crippen LogP contribution in [0.25, 0.3) is 10.9 Å². The zero-order valence-electron chi connectivity index (χ0n) is 21.3. The van der Waals surface area contributed by atoms with Gasteiger partial charge in [0.15, 0.2) is 0 Å². The Kier molecular flexibility index (Phi) is 6.55. The van der Waals surface area contributed by atoms with Crippen LogP contribution >= 0.6 is 0 Å². The normalized spacial score (nSPS) is 24.4. The number of nitrogens with one attached hydrogen (secondary N) is 1. The molecule has 2 aromatic carbocycles. The molecule has 9 heteroatoms. The van der Waals surface area contributed by atoms with Gasteiger partial charge in [-0.15, -0.1) is 0 Å². The predicted octanol–water partition coefficient (Wildman–Crippen LogP) is 4.89. The number of benzene rings is 2. The lowest BCUT2D eigenvalue weighted by Gasteiger charge is -2.50. The van der Waals surface area contributed by atoms with Crippen molar-refractivity contribution >= 4 is 22.7 Å². The highest BCUT2D eigenvalue weighted by molar-refractivity contribution is 6.01. The number of piperidine rings is 2. The van der Waals surface area contributed by atoms with Gasteiger partial charge in [0.25, 0.3) is 0 Å². The van der Waals surface area contributed by atoms with E-state index in [2.05, 4.69) is 15.2 Å². The first kappa shape index (κ1) is 26.3. The highest BCUT2D eigenvalue weighted by Crippen LogP contribution is 2.47. The number of pyridine rings is 1. The number of aromatic nitrogens is 1. The highest BCUT2D eigenvalue weighted by atomic mass is 19.4. The van der Waals surface area contributed by atoms with Crippen molar-refractivity contribution in [3.05, 3.63) is 77.0 Å². The van der Waals surface area contributed by atoms with E-state index in [9.17, 15) is 27.9 Å². The van der Waals surface area contributed by atoms with Crippen molar-refractivity contribution in [3.8, 4) is 0 Å². The Labute approximate surface area is 218 Å². The van der Waals surface area contributed by atoms with Crippen molar-refractivity contribution in [1.82, 2.24) is 15.2 Å². The van der Waals surface area contributed by atoms with E-state index in [1.165, 1.54) is 12.1 Å². The van der Waals surface area contributed by atoms with Gasteiger partial charge in [-0.05, 0) is 59.9 Å². The maximum absolute atomic E-state index is 12.9. The third kappa shape index (κ3) is 4.92. The summed E-state index contributed by atoms with van der Waals surface area (Å²) in [5.41, 5.74) is 0.662. The maximum atomic E-state index is 12.9. The SMILES string of the molecule is CC1(C)CN(Cc2ccc(C(F)(F)F)cc2)CC[C@@]1(O)c1ccc2ncc(C3CCC(=O)NC3=O)cc2c1. The molecule has 5 rings (SSSR count). The minimum atomic E-state index is -4.36. The van der Waals surface area contributed by atoms with Gasteiger partial charge < -0.3 is 5.11 Å². The smallest absolute Gasteiger partial charge is 0.385 e. The fourth-order valence-electron chi connectivity index (χ4n) is 5.76. The summed E-state index contributed by atoms with van der Waals surface area (Å²) in [6.07, 6.45) is -1.53. The number of carbonyl (C=O) groups is 2. The molecule has 2 N–H and O–H groups in total. The molecule has 0 bridgehead atoms. The lowest BCUT2D eigenvalue weighted by molar-refractivity contribution is -0.138. The number of amides is 2. The van der Waals surface area contributed by atoms with Gasteiger partial charge in [0.2, 0.25) is 11.8 Å². The third-order valence-corrected chi connectivity index (χ3v) is 8.04. The van der Waals surface area contributed by atoms with Crippen LogP contribution in [0, 0.1) is 5.41 Å². The number of halogens is 3. The van der Waals surface area contributed by atoms with Gasteiger partial charge in [-0.1, -0.05) is 32.0 Å². The summed E-state index contributed by atoms with van der Waals surface area (Å²) in [4.78, 5) is 30.6. The first-order chi connectivity index (χ1) is 17.9. The molecule has 6 nitrogen and oxygen atoms in total. The second-order valence-corrected chi connectivity index (χ2v) is 11.1. The van der Waals surface area contributed by atoms with E-state index in [0.29, 0.717) is 32.5 Å². The van der Waals surface area contributed by atoms with E-state index in [-0.39, 0.29) is 18.2 Å². The summed E-state index contributed by atoms with van der Waals surface area (Å²) in [6.45, 7) is 5.61. The number of fused-ring (bicyclic) bond motifs is 1. The van der Waals surface area contributed by atoms with Crippen LogP contribution in [0.3, 0.4) is 0 Å². The summed E-state index contributed by atoms with van der Waals surface area (Å²) in [6, 6.07) is 12.8. The van der Waals surface area contributed by atoms with Crippen molar-refractivity contribution in [2.75, 3.05) is 13.1 Å². The minimum absolute atomic E-state index is 0.267. The van der Waals surface area contributed by atoms with Crippen LogP contribution in [-0.4, -0.2) is 39.9 Å². The first-order valence-electron chi connectivity index (χ1n) is 12.7. The molecule has 1 unspecified atom stereocenters. The van der Waals surface area contributed by atoms with E-state index in [1.54, 1.807) is 6.20 Å². The molecule has 2 fully saturated rings. The van der Waals surface area contributed by atoms with Crippen molar-refractivity contribution in [2.45, 2.75) is 57.3 Å². The van der Waals surface area contributed by atoms with Crippen LogP contribution in [0.4, 0.5) is 13.2 Å². The molecule has 38 heavy (non-hydrogen) atoms. The van der Waals surface area contributed by atoms with E-state index in [4.69, 9.17) is 0 Å². The number of hydrogen-bond acceptors (Lipinski definition) is 5. The zero-order chi connectivity index (χ0) is 27.3. The van der Waals surface area contributed by atoms with Crippen molar-refractivity contribution in [2.24, 2.45) is 5.41 Å². The van der Waals surface area contributed by atoms with E-state index in [1.807, 2.05) is 38.1 Å². The van der Waals surface area contributed by atoms with Crippen LogP contribution in [0.15, 0.2) is 54.7 Å². The first-order valence-corrected chi connectivity index (χ1v) is 12.7. The lowest BCUT2D eigenvalue weighted by atomic mass is 9.66. The second kappa shape index (κ2) is 9.47. The molecule has 3 heterocycles. The van der Waals surface area contributed by atoms with Crippen LogP contribution in [-0.2, 0) is 27.9 Å². The van der Waals surface area contributed by atoms with Crippen LogP contribution in [0.2, 0.25) is 0 Å². The Morgan fingerprint density at radius 3 is 2.50 bits per heavy atom. The number of likely N-dealkylation sites (tertiary alicyclic amines) is 1. The number of carbonyl (C=O) groups excluding carboxylic acids is 2. The molecular weight excluding hydrogens is 495 g/mol. The summed E-state index contributed by atoms with van der Waals surface area (Å²) in [7, 11) is 0. The molecule has 3 aromatic rings. The number of alkyl halides is 3. The van der Waals surface area contributed by atoms with Gasteiger partial charge in [0, 0.05) is 43.1 Å². The Balaban J connectivity index is 1.36. The average Bonchev–Trinajstić information content (AvgIpc) is 2.85. The molecule has 0 spiro atoms. The summed E-state index contributed by atoms with van der Waals surface area (Å²) >= 11 is 0. The van der Waals surface area contributed by atoms with Crippen LogP contribution < -0.4 is 5.32 Å². The van der Waals surface area contributed by atoms with Crippen molar-refractivity contribution in [3.63, 3.8) is 0 Å². The van der Waals surface area contributed by atoms with E-state index >= 15 is 0 Å². The molecule has 2 saturated heterocycles. The summed E-state index contributed by atoms with van der Waals surface area (Å²) in [5.74, 6) is -1.03. The number of aliphatic hydroxyl groups is 1. The predicted molar refractivity (Wildman–Crippen MR) is 136 cm³/mol. The summed E-state index contributed by atoms with van der Waals surface area (Å²) in [5, 5.41) is 15.1. The fourth-order valence-corrected chi connectivity index (χ4v) is 5.76. The molecular formula is C29H30F3N3O3. The zero-order valence-corrected chi connectivity index (χ0v) is 21.3. The highest BCUT2D eigenvalue weighted by Gasteiger charge is 2.48. The molecule has 2 amide bonds. The monoisotopic (exact) mass is 525 g/mol. The third-order valence-electron chi connectivity index (χ3n) is 8.04. The van der Waals surface area contributed by atoms with Crippen LogP contribution in [0.5, 0.6) is 0 Å². The van der Waals surface area contributed by atoms with Gasteiger partial charge >= 0.3 is 6.18 Å². The fraction of sp³-hybridized carbons (Fsp3) is 0.414. The maximum Gasteiger partial charge on any atom is 0.416 e.